The molecule has 0 atom stereocenters. The number of benzene rings is 1. The van der Waals surface area contributed by atoms with Gasteiger partial charge >= 0.3 is 0 Å². The molecule has 2 rings (SSSR count). The van der Waals surface area contributed by atoms with Crippen molar-refractivity contribution in [3.8, 4) is 0 Å². The summed E-state index contributed by atoms with van der Waals surface area (Å²) in [6.45, 7) is 2.20. The van der Waals surface area contributed by atoms with E-state index in [9.17, 15) is 8.42 Å². The molecule has 1 fully saturated rings. The second kappa shape index (κ2) is 4.95. The lowest BCUT2D eigenvalue weighted by atomic mass is 10.2. The summed E-state index contributed by atoms with van der Waals surface area (Å²) < 4.78 is 24.3. The summed E-state index contributed by atoms with van der Waals surface area (Å²) in [6.07, 6.45) is 1.23. The van der Waals surface area contributed by atoms with E-state index in [1.807, 2.05) is 6.07 Å². The maximum absolute atomic E-state index is 11.4. The molecule has 0 aromatic heterocycles. The number of sulfonamides is 1. The van der Waals surface area contributed by atoms with Gasteiger partial charge in [0.05, 0.1) is 17.6 Å². The quantitative estimate of drug-likeness (QED) is 0.825. The molecule has 18 heavy (non-hydrogen) atoms. The summed E-state index contributed by atoms with van der Waals surface area (Å²) in [5.41, 5.74) is 7.44. The molecule has 1 aliphatic heterocycles. The summed E-state index contributed by atoms with van der Waals surface area (Å²) >= 11 is 5.95. The molecule has 1 aliphatic rings. The lowest BCUT2D eigenvalue weighted by Gasteiger charge is -2.35. The minimum atomic E-state index is -3.10. The fourth-order valence-corrected chi connectivity index (χ4v) is 3.04. The Morgan fingerprint density at radius 2 is 1.83 bits per heavy atom. The molecule has 0 radical (unpaired) electrons. The third kappa shape index (κ3) is 2.88. The third-order valence-corrected chi connectivity index (χ3v) is 4.58. The van der Waals surface area contributed by atoms with Gasteiger partial charge in [0, 0.05) is 31.2 Å². The predicted octanol–water partition coefficient (Wildman–Crippen LogP) is 1.00. The van der Waals surface area contributed by atoms with Gasteiger partial charge in [0.15, 0.2) is 0 Å². The van der Waals surface area contributed by atoms with Gasteiger partial charge in [-0.1, -0.05) is 11.6 Å². The number of nitrogens with zero attached hydrogens (tertiary/aromatic N) is 2. The van der Waals surface area contributed by atoms with Crippen LogP contribution in [0.1, 0.15) is 0 Å². The minimum absolute atomic E-state index is 0.477. The van der Waals surface area contributed by atoms with E-state index in [0.717, 1.165) is 5.69 Å². The topological polar surface area (TPSA) is 66.6 Å². The van der Waals surface area contributed by atoms with Gasteiger partial charge in [-0.2, -0.15) is 4.31 Å². The number of rotatable bonds is 2. The van der Waals surface area contributed by atoms with Crippen molar-refractivity contribution >= 4 is 33.0 Å². The Bertz CT molecular complexity index is 539. The highest BCUT2D eigenvalue weighted by Gasteiger charge is 2.24. The van der Waals surface area contributed by atoms with E-state index >= 15 is 0 Å². The van der Waals surface area contributed by atoms with Gasteiger partial charge in [0.25, 0.3) is 0 Å². The maximum atomic E-state index is 11.4. The zero-order valence-corrected chi connectivity index (χ0v) is 11.7. The van der Waals surface area contributed by atoms with Crippen molar-refractivity contribution < 1.29 is 8.42 Å². The number of hydrogen-bond acceptors (Lipinski definition) is 4. The summed E-state index contributed by atoms with van der Waals surface area (Å²) in [5.74, 6) is 0. The molecule has 1 saturated heterocycles. The normalized spacial score (nSPS) is 18.0. The average Bonchev–Trinajstić information content (AvgIpc) is 2.31. The molecule has 0 spiro atoms. The van der Waals surface area contributed by atoms with Crippen molar-refractivity contribution in [2.75, 3.05) is 43.1 Å². The number of anilines is 2. The number of nitrogens with two attached hydrogens (primary N) is 1. The Morgan fingerprint density at radius 1 is 1.22 bits per heavy atom. The molecule has 2 N–H and O–H groups in total. The lowest BCUT2D eigenvalue weighted by Crippen LogP contribution is -2.48. The van der Waals surface area contributed by atoms with Crippen LogP contribution in [0.4, 0.5) is 11.4 Å². The van der Waals surface area contributed by atoms with Crippen LogP contribution in [-0.2, 0) is 10.0 Å². The fourth-order valence-electron chi connectivity index (χ4n) is 2.05. The van der Waals surface area contributed by atoms with E-state index in [2.05, 4.69) is 4.90 Å². The van der Waals surface area contributed by atoms with Gasteiger partial charge in [0.1, 0.15) is 0 Å². The smallest absolute Gasteiger partial charge is 0.211 e. The first kappa shape index (κ1) is 13.5. The van der Waals surface area contributed by atoms with Crippen molar-refractivity contribution in [1.29, 1.82) is 0 Å². The van der Waals surface area contributed by atoms with E-state index in [4.69, 9.17) is 17.3 Å². The van der Waals surface area contributed by atoms with Crippen LogP contribution in [0.25, 0.3) is 0 Å². The van der Waals surface area contributed by atoms with Crippen molar-refractivity contribution in [1.82, 2.24) is 4.31 Å². The van der Waals surface area contributed by atoms with E-state index < -0.39 is 10.0 Å². The molecule has 5 nitrogen and oxygen atoms in total. The van der Waals surface area contributed by atoms with Crippen molar-refractivity contribution in [2.45, 2.75) is 0 Å². The van der Waals surface area contributed by atoms with E-state index in [0.29, 0.717) is 36.9 Å². The third-order valence-electron chi connectivity index (χ3n) is 3.04. The molecule has 0 amide bonds. The largest absolute Gasteiger partial charge is 0.397 e. The number of halogens is 1. The number of nitrogen functional groups attached to an aromatic ring is 1. The van der Waals surface area contributed by atoms with Crippen LogP contribution in [0.2, 0.25) is 5.02 Å². The second-order valence-electron chi connectivity index (χ2n) is 4.35. The summed E-state index contributed by atoms with van der Waals surface area (Å²) in [6, 6.07) is 5.32. The van der Waals surface area contributed by atoms with Crippen LogP contribution in [0.5, 0.6) is 0 Å². The van der Waals surface area contributed by atoms with E-state index in [1.54, 1.807) is 12.1 Å². The molecule has 100 valence electrons. The second-order valence-corrected chi connectivity index (χ2v) is 6.77. The SMILES string of the molecule is CS(=O)(=O)N1CCN(c2cc(Cl)ccc2N)CC1. The van der Waals surface area contributed by atoms with Crippen LogP contribution in [0.3, 0.4) is 0 Å². The van der Waals surface area contributed by atoms with Crippen LogP contribution < -0.4 is 10.6 Å². The molecule has 1 aromatic carbocycles. The van der Waals surface area contributed by atoms with Crippen molar-refractivity contribution in [3.05, 3.63) is 23.2 Å². The van der Waals surface area contributed by atoms with Gasteiger partial charge in [-0.3, -0.25) is 0 Å². The maximum Gasteiger partial charge on any atom is 0.211 e. The first-order valence-corrected chi connectivity index (χ1v) is 7.85. The highest BCUT2D eigenvalue weighted by molar-refractivity contribution is 7.88. The Kier molecular flexibility index (Phi) is 3.70. The van der Waals surface area contributed by atoms with Gasteiger partial charge in [0.2, 0.25) is 10.0 Å². The highest BCUT2D eigenvalue weighted by atomic mass is 35.5. The van der Waals surface area contributed by atoms with Gasteiger partial charge in [-0.05, 0) is 18.2 Å². The molecule has 0 aliphatic carbocycles. The van der Waals surface area contributed by atoms with Crippen LogP contribution in [0, 0.1) is 0 Å². The molecule has 7 heteroatoms. The summed E-state index contributed by atoms with van der Waals surface area (Å²) in [4.78, 5) is 2.06. The predicted molar refractivity (Wildman–Crippen MR) is 74.5 cm³/mol. The first-order chi connectivity index (χ1) is 8.38. The lowest BCUT2D eigenvalue weighted by molar-refractivity contribution is 0.388. The molecule has 0 bridgehead atoms. The average molecular weight is 290 g/mol. The van der Waals surface area contributed by atoms with Gasteiger partial charge in [-0.15, -0.1) is 0 Å². The van der Waals surface area contributed by atoms with Crippen molar-refractivity contribution in [3.63, 3.8) is 0 Å². The van der Waals surface area contributed by atoms with Crippen molar-refractivity contribution in [2.24, 2.45) is 0 Å². The molecule has 0 saturated carbocycles. The Hall–Kier alpha value is -0.980. The van der Waals surface area contributed by atoms with Gasteiger partial charge in [-0.25, -0.2) is 8.42 Å². The van der Waals surface area contributed by atoms with E-state index in [1.165, 1.54) is 10.6 Å². The monoisotopic (exact) mass is 289 g/mol. The molecular formula is C11H16ClN3O2S. The Labute approximate surface area is 112 Å². The molecule has 1 aromatic rings. The van der Waals surface area contributed by atoms with E-state index in [-0.39, 0.29) is 0 Å². The first-order valence-electron chi connectivity index (χ1n) is 5.63. The zero-order chi connectivity index (χ0) is 13.3. The molecule has 1 heterocycles. The number of hydrogen-bond donors (Lipinski definition) is 1. The molecular weight excluding hydrogens is 274 g/mol. The summed E-state index contributed by atoms with van der Waals surface area (Å²) in [7, 11) is -3.10. The standard InChI is InChI=1S/C11H16ClN3O2S/c1-18(16,17)15-6-4-14(5-7-15)11-8-9(12)2-3-10(11)13/h2-3,8H,4-7,13H2,1H3. The highest BCUT2D eigenvalue weighted by Crippen LogP contribution is 2.27. The minimum Gasteiger partial charge on any atom is -0.397 e. The Morgan fingerprint density at radius 3 is 2.39 bits per heavy atom. The summed E-state index contributed by atoms with van der Waals surface area (Å²) in [5, 5.41) is 0.629. The van der Waals surface area contributed by atoms with Crippen LogP contribution in [0.15, 0.2) is 18.2 Å². The zero-order valence-electron chi connectivity index (χ0n) is 10.1. The fraction of sp³-hybridized carbons (Fsp3) is 0.455. The number of piperazine rings is 1. The Balaban J connectivity index is 2.12. The molecule has 0 unspecified atom stereocenters. The van der Waals surface area contributed by atoms with Crippen LogP contribution in [-0.4, -0.2) is 45.2 Å². The van der Waals surface area contributed by atoms with Crippen LogP contribution >= 0.6 is 11.6 Å². The van der Waals surface area contributed by atoms with Gasteiger partial charge < -0.3 is 10.6 Å².